The van der Waals surface area contributed by atoms with Crippen LogP contribution >= 0.6 is 27.5 Å². The van der Waals surface area contributed by atoms with E-state index in [2.05, 4.69) is 15.9 Å². The van der Waals surface area contributed by atoms with Crippen molar-refractivity contribution in [2.45, 2.75) is 6.04 Å². The van der Waals surface area contributed by atoms with E-state index in [1.807, 2.05) is 0 Å². The van der Waals surface area contributed by atoms with Crippen molar-refractivity contribution in [3.63, 3.8) is 0 Å². The molecule has 0 fully saturated rings. The first-order valence-corrected chi connectivity index (χ1v) is 6.32. The van der Waals surface area contributed by atoms with Crippen molar-refractivity contribution in [2.24, 2.45) is 5.73 Å². The fourth-order valence-electron chi connectivity index (χ4n) is 1.68. The van der Waals surface area contributed by atoms with Crippen LogP contribution in [-0.2, 0) is 0 Å². The third-order valence-corrected chi connectivity index (χ3v) is 3.69. The van der Waals surface area contributed by atoms with Gasteiger partial charge in [-0.05, 0) is 39.7 Å². The summed E-state index contributed by atoms with van der Waals surface area (Å²) in [6, 6.07) is 7.96. The smallest absolute Gasteiger partial charge is 0.137 e. The maximum Gasteiger partial charge on any atom is 0.137 e. The third-order valence-electron chi connectivity index (χ3n) is 2.61. The van der Waals surface area contributed by atoms with Crippen LogP contribution in [0.3, 0.4) is 0 Å². The van der Waals surface area contributed by atoms with E-state index in [9.17, 15) is 8.78 Å². The summed E-state index contributed by atoms with van der Waals surface area (Å²) in [4.78, 5) is 0. The highest BCUT2D eigenvalue weighted by Gasteiger charge is 2.17. The summed E-state index contributed by atoms with van der Waals surface area (Å²) in [5.41, 5.74) is 6.71. The SMILES string of the molecule is NC(c1ccc(Cl)cc1F)c1cccc(F)c1Br. The molecule has 0 heterocycles. The maximum atomic E-state index is 13.7. The first-order chi connectivity index (χ1) is 8.50. The first-order valence-electron chi connectivity index (χ1n) is 5.15. The van der Waals surface area contributed by atoms with Gasteiger partial charge >= 0.3 is 0 Å². The second-order valence-corrected chi connectivity index (χ2v) is 5.02. The fraction of sp³-hybridized carbons (Fsp3) is 0.0769. The standard InChI is InChI=1S/C13H9BrClF2N/c14-12-9(2-1-3-10(12)16)13(18)8-5-4-7(15)6-11(8)17/h1-6,13H,18H2. The molecule has 2 aromatic rings. The van der Waals surface area contributed by atoms with Crippen LogP contribution in [0.1, 0.15) is 17.2 Å². The highest BCUT2D eigenvalue weighted by atomic mass is 79.9. The van der Waals surface area contributed by atoms with Gasteiger partial charge in [-0.1, -0.05) is 29.8 Å². The zero-order chi connectivity index (χ0) is 13.3. The molecule has 0 radical (unpaired) electrons. The molecule has 2 N–H and O–H groups in total. The number of rotatable bonds is 2. The highest BCUT2D eigenvalue weighted by Crippen LogP contribution is 2.30. The van der Waals surface area contributed by atoms with Gasteiger partial charge in [-0.2, -0.15) is 0 Å². The summed E-state index contributed by atoms with van der Waals surface area (Å²) in [5, 5.41) is 0.293. The van der Waals surface area contributed by atoms with Crippen LogP contribution in [0.2, 0.25) is 5.02 Å². The summed E-state index contributed by atoms with van der Waals surface area (Å²) >= 11 is 8.79. The molecule has 0 saturated heterocycles. The van der Waals surface area contributed by atoms with Crippen molar-refractivity contribution in [1.29, 1.82) is 0 Å². The molecule has 0 aromatic heterocycles. The lowest BCUT2D eigenvalue weighted by Gasteiger charge is -2.15. The Balaban J connectivity index is 2.48. The predicted molar refractivity (Wildman–Crippen MR) is 71.5 cm³/mol. The topological polar surface area (TPSA) is 26.0 Å². The Labute approximate surface area is 117 Å². The van der Waals surface area contributed by atoms with Gasteiger partial charge in [0.1, 0.15) is 11.6 Å². The molecule has 0 aliphatic rings. The summed E-state index contributed by atoms with van der Waals surface area (Å²) < 4.78 is 27.4. The van der Waals surface area contributed by atoms with Crippen LogP contribution in [0.15, 0.2) is 40.9 Å². The minimum atomic E-state index is -0.757. The molecule has 2 aromatic carbocycles. The molecule has 5 heteroatoms. The molecular weight excluding hydrogens is 324 g/mol. The number of hydrogen-bond acceptors (Lipinski definition) is 1. The van der Waals surface area contributed by atoms with E-state index < -0.39 is 17.7 Å². The normalized spacial score (nSPS) is 12.5. The van der Waals surface area contributed by atoms with Gasteiger partial charge in [-0.3, -0.25) is 0 Å². The second kappa shape index (κ2) is 5.34. The van der Waals surface area contributed by atoms with Crippen molar-refractivity contribution < 1.29 is 8.78 Å². The maximum absolute atomic E-state index is 13.7. The van der Waals surface area contributed by atoms with Gasteiger partial charge in [0, 0.05) is 10.6 Å². The monoisotopic (exact) mass is 331 g/mol. The van der Waals surface area contributed by atoms with Crippen LogP contribution in [-0.4, -0.2) is 0 Å². The average Bonchev–Trinajstić information content (AvgIpc) is 2.32. The van der Waals surface area contributed by atoms with Gasteiger partial charge in [-0.15, -0.1) is 0 Å². The Bertz CT molecular complexity index is 589. The minimum absolute atomic E-state index is 0.242. The van der Waals surface area contributed by atoms with Crippen LogP contribution in [0, 0.1) is 11.6 Å². The molecule has 94 valence electrons. The Morgan fingerprint density at radius 1 is 1.06 bits per heavy atom. The Hall–Kier alpha value is -0.970. The largest absolute Gasteiger partial charge is 0.320 e. The number of benzene rings is 2. The lowest BCUT2D eigenvalue weighted by atomic mass is 9.99. The zero-order valence-electron chi connectivity index (χ0n) is 9.13. The van der Waals surface area contributed by atoms with Crippen molar-refractivity contribution in [3.8, 4) is 0 Å². The quantitative estimate of drug-likeness (QED) is 0.865. The number of nitrogens with two attached hydrogens (primary N) is 1. The molecule has 0 aliphatic carbocycles. The molecule has 1 unspecified atom stereocenters. The molecule has 1 nitrogen and oxygen atoms in total. The Morgan fingerprint density at radius 2 is 1.78 bits per heavy atom. The summed E-state index contributed by atoms with van der Waals surface area (Å²) in [6.07, 6.45) is 0. The molecule has 18 heavy (non-hydrogen) atoms. The van der Waals surface area contributed by atoms with Gasteiger partial charge in [0.25, 0.3) is 0 Å². The summed E-state index contributed by atoms with van der Waals surface area (Å²) in [6.45, 7) is 0. The van der Waals surface area contributed by atoms with Crippen molar-refractivity contribution in [3.05, 3.63) is 68.7 Å². The van der Waals surface area contributed by atoms with Crippen molar-refractivity contribution in [1.82, 2.24) is 0 Å². The Morgan fingerprint density at radius 3 is 2.44 bits per heavy atom. The number of hydrogen-bond donors (Lipinski definition) is 1. The van der Waals surface area contributed by atoms with Gasteiger partial charge < -0.3 is 5.73 Å². The highest BCUT2D eigenvalue weighted by molar-refractivity contribution is 9.10. The lowest BCUT2D eigenvalue weighted by molar-refractivity contribution is 0.593. The fourth-order valence-corrected chi connectivity index (χ4v) is 2.35. The van der Waals surface area contributed by atoms with E-state index in [-0.39, 0.29) is 10.0 Å². The molecule has 1 atom stereocenters. The molecule has 2 rings (SSSR count). The van der Waals surface area contributed by atoms with E-state index in [1.165, 1.54) is 24.3 Å². The molecular formula is C13H9BrClF2N. The van der Waals surface area contributed by atoms with E-state index in [4.69, 9.17) is 17.3 Å². The first kappa shape index (κ1) is 13.5. The molecule has 0 bridgehead atoms. The third kappa shape index (κ3) is 2.55. The van der Waals surface area contributed by atoms with Crippen molar-refractivity contribution in [2.75, 3.05) is 0 Å². The van der Waals surface area contributed by atoms with E-state index in [0.717, 1.165) is 0 Å². The van der Waals surface area contributed by atoms with Gasteiger partial charge in [0.15, 0.2) is 0 Å². The van der Waals surface area contributed by atoms with Crippen LogP contribution in [0.25, 0.3) is 0 Å². The van der Waals surface area contributed by atoms with Crippen LogP contribution < -0.4 is 5.73 Å². The lowest BCUT2D eigenvalue weighted by Crippen LogP contribution is -2.14. The zero-order valence-corrected chi connectivity index (χ0v) is 11.5. The van der Waals surface area contributed by atoms with Crippen LogP contribution in [0.4, 0.5) is 8.78 Å². The predicted octanol–water partition coefficient (Wildman–Crippen LogP) is 4.43. The van der Waals surface area contributed by atoms with Crippen LogP contribution in [0.5, 0.6) is 0 Å². The van der Waals surface area contributed by atoms with E-state index >= 15 is 0 Å². The van der Waals surface area contributed by atoms with Gasteiger partial charge in [0.05, 0.1) is 10.5 Å². The van der Waals surface area contributed by atoms with E-state index in [0.29, 0.717) is 10.6 Å². The number of halogens is 4. The second-order valence-electron chi connectivity index (χ2n) is 3.79. The van der Waals surface area contributed by atoms with E-state index in [1.54, 1.807) is 12.1 Å². The molecule has 0 spiro atoms. The molecule has 0 amide bonds. The minimum Gasteiger partial charge on any atom is -0.320 e. The molecule has 0 saturated carbocycles. The Kier molecular flexibility index (Phi) is 4.00. The average molecular weight is 333 g/mol. The van der Waals surface area contributed by atoms with Gasteiger partial charge in [-0.25, -0.2) is 8.78 Å². The van der Waals surface area contributed by atoms with Crippen molar-refractivity contribution >= 4 is 27.5 Å². The molecule has 0 aliphatic heterocycles. The van der Waals surface area contributed by atoms with Gasteiger partial charge in [0.2, 0.25) is 0 Å². The summed E-state index contributed by atoms with van der Waals surface area (Å²) in [7, 11) is 0. The summed E-state index contributed by atoms with van der Waals surface area (Å²) in [5.74, 6) is -0.941.